The Morgan fingerprint density at radius 1 is 0.759 bits per heavy atom. The first kappa shape index (κ1) is 26.4. The van der Waals surface area contributed by atoms with Crippen LogP contribution in [0.4, 0.5) is 0 Å². The van der Waals surface area contributed by atoms with Crippen molar-refractivity contribution in [2.45, 2.75) is 135 Å². The number of esters is 1. The second-order valence-electron chi connectivity index (χ2n) is 8.59. The van der Waals surface area contributed by atoms with E-state index in [1.807, 2.05) is 0 Å². The van der Waals surface area contributed by atoms with Gasteiger partial charge in [-0.3, -0.25) is 4.79 Å². The summed E-state index contributed by atoms with van der Waals surface area (Å²) in [5, 5.41) is 0. The van der Waals surface area contributed by atoms with Crippen LogP contribution < -0.4 is 0 Å². The maximum Gasteiger partial charge on any atom is 0.305 e. The van der Waals surface area contributed by atoms with E-state index in [2.05, 4.69) is 6.92 Å². The lowest BCUT2D eigenvalue weighted by molar-refractivity contribution is -0.173. The van der Waals surface area contributed by atoms with Crippen molar-refractivity contribution in [2.24, 2.45) is 0 Å². The number of carbonyl (C=O) groups is 1. The van der Waals surface area contributed by atoms with E-state index in [1.54, 1.807) is 0 Å². The summed E-state index contributed by atoms with van der Waals surface area (Å²) >= 11 is 0. The Labute approximate surface area is 180 Å². The van der Waals surface area contributed by atoms with Crippen molar-refractivity contribution in [3.63, 3.8) is 0 Å². The molecule has 1 rings (SSSR count). The van der Waals surface area contributed by atoms with Gasteiger partial charge >= 0.3 is 5.97 Å². The SMILES string of the molecule is CCCCCCCCCCCCCCCCCC(=O)OCCOC1CCCCO1. The molecule has 0 saturated carbocycles. The Morgan fingerprint density at radius 3 is 1.83 bits per heavy atom. The number of unbranched alkanes of at least 4 members (excludes halogenated alkanes) is 14. The molecule has 0 spiro atoms. The molecule has 1 heterocycles. The molecule has 1 fully saturated rings. The van der Waals surface area contributed by atoms with Gasteiger partial charge in [0.25, 0.3) is 0 Å². The highest BCUT2D eigenvalue weighted by atomic mass is 16.7. The molecule has 0 bridgehead atoms. The summed E-state index contributed by atoms with van der Waals surface area (Å²) in [4.78, 5) is 11.7. The van der Waals surface area contributed by atoms with E-state index >= 15 is 0 Å². The topological polar surface area (TPSA) is 44.8 Å². The Bertz CT molecular complexity index is 353. The average Bonchev–Trinajstić information content (AvgIpc) is 2.75. The first-order chi connectivity index (χ1) is 14.3. The Kier molecular flexibility index (Phi) is 18.8. The minimum atomic E-state index is -0.0991. The van der Waals surface area contributed by atoms with Gasteiger partial charge in [-0.1, -0.05) is 96.8 Å². The standard InChI is InChI=1S/C25H48O4/c1-2-3-4-5-6-7-8-9-10-11-12-13-14-15-16-19-24(26)27-22-23-29-25-20-17-18-21-28-25/h25H,2-23H2,1H3. The molecule has 29 heavy (non-hydrogen) atoms. The summed E-state index contributed by atoms with van der Waals surface area (Å²) < 4.78 is 16.3. The lowest BCUT2D eigenvalue weighted by atomic mass is 10.0. The van der Waals surface area contributed by atoms with E-state index in [9.17, 15) is 4.79 Å². The second-order valence-corrected chi connectivity index (χ2v) is 8.59. The molecule has 0 radical (unpaired) electrons. The normalized spacial score (nSPS) is 16.8. The zero-order chi connectivity index (χ0) is 20.8. The Morgan fingerprint density at radius 2 is 1.31 bits per heavy atom. The van der Waals surface area contributed by atoms with Crippen molar-refractivity contribution in [1.82, 2.24) is 0 Å². The first-order valence-corrected chi connectivity index (χ1v) is 12.7. The first-order valence-electron chi connectivity index (χ1n) is 12.7. The molecular weight excluding hydrogens is 364 g/mol. The van der Waals surface area contributed by atoms with Crippen LogP contribution in [0.15, 0.2) is 0 Å². The van der Waals surface area contributed by atoms with Crippen molar-refractivity contribution in [2.75, 3.05) is 19.8 Å². The van der Waals surface area contributed by atoms with Crippen molar-refractivity contribution in [3.05, 3.63) is 0 Å². The van der Waals surface area contributed by atoms with E-state index in [0.717, 1.165) is 38.7 Å². The smallest absolute Gasteiger partial charge is 0.305 e. The zero-order valence-electron chi connectivity index (χ0n) is 19.3. The summed E-state index contributed by atoms with van der Waals surface area (Å²) in [6.07, 6.45) is 23.7. The Hall–Kier alpha value is -0.610. The summed E-state index contributed by atoms with van der Waals surface area (Å²) in [6.45, 7) is 3.84. The highest BCUT2D eigenvalue weighted by molar-refractivity contribution is 5.69. The van der Waals surface area contributed by atoms with Gasteiger partial charge in [-0.25, -0.2) is 0 Å². The maximum absolute atomic E-state index is 11.7. The van der Waals surface area contributed by atoms with E-state index in [-0.39, 0.29) is 12.3 Å². The largest absolute Gasteiger partial charge is 0.463 e. The predicted molar refractivity (Wildman–Crippen MR) is 120 cm³/mol. The van der Waals surface area contributed by atoms with Crippen LogP contribution in [0.3, 0.4) is 0 Å². The average molecular weight is 413 g/mol. The highest BCUT2D eigenvalue weighted by Gasteiger charge is 2.13. The predicted octanol–water partition coefficient (Wildman–Crippen LogP) is 7.33. The molecule has 1 atom stereocenters. The van der Waals surface area contributed by atoms with E-state index in [4.69, 9.17) is 14.2 Å². The highest BCUT2D eigenvalue weighted by Crippen LogP contribution is 2.14. The van der Waals surface area contributed by atoms with Crippen LogP contribution in [-0.4, -0.2) is 32.1 Å². The van der Waals surface area contributed by atoms with Gasteiger partial charge in [0.2, 0.25) is 0 Å². The van der Waals surface area contributed by atoms with Crippen LogP contribution in [0.5, 0.6) is 0 Å². The van der Waals surface area contributed by atoms with E-state index in [1.165, 1.54) is 83.5 Å². The van der Waals surface area contributed by atoms with Crippen LogP contribution in [0.1, 0.15) is 129 Å². The lowest BCUT2D eigenvalue weighted by Crippen LogP contribution is -2.24. The van der Waals surface area contributed by atoms with Crippen LogP contribution in [0, 0.1) is 0 Å². The zero-order valence-corrected chi connectivity index (χ0v) is 19.3. The van der Waals surface area contributed by atoms with Gasteiger partial charge in [-0.05, 0) is 25.7 Å². The minimum Gasteiger partial charge on any atom is -0.463 e. The van der Waals surface area contributed by atoms with E-state index in [0.29, 0.717) is 19.6 Å². The summed E-state index contributed by atoms with van der Waals surface area (Å²) in [6, 6.07) is 0. The fourth-order valence-electron chi connectivity index (χ4n) is 3.89. The van der Waals surface area contributed by atoms with Gasteiger partial charge in [0.05, 0.1) is 6.61 Å². The maximum atomic E-state index is 11.7. The number of hydrogen-bond donors (Lipinski definition) is 0. The fraction of sp³-hybridized carbons (Fsp3) is 0.960. The van der Waals surface area contributed by atoms with Gasteiger partial charge in [-0.15, -0.1) is 0 Å². The van der Waals surface area contributed by atoms with Gasteiger partial charge in [0, 0.05) is 13.0 Å². The molecule has 1 aliphatic heterocycles. The minimum absolute atomic E-state index is 0.0899. The molecule has 4 heteroatoms. The van der Waals surface area contributed by atoms with Crippen LogP contribution in [-0.2, 0) is 19.0 Å². The molecule has 0 aromatic rings. The van der Waals surface area contributed by atoms with Crippen LogP contribution >= 0.6 is 0 Å². The molecule has 4 nitrogen and oxygen atoms in total. The quantitative estimate of drug-likeness (QED) is 0.155. The fourth-order valence-corrected chi connectivity index (χ4v) is 3.89. The van der Waals surface area contributed by atoms with E-state index < -0.39 is 0 Å². The lowest BCUT2D eigenvalue weighted by Gasteiger charge is -2.22. The molecule has 0 aliphatic carbocycles. The summed E-state index contributed by atoms with van der Waals surface area (Å²) in [5.74, 6) is -0.0899. The van der Waals surface area contributed by atoms with Crippen LogP contribution in [0.25, 0.3) is 0 Å². The second kappa shape index (κ2) is 20.7. The van der Waals surface area contributed by atoms with Crippen LogP contribution in [0.2, 0.25) is 0 Å². The molecule has 0 amide bonds. The molecule has 0 aromatic heterocycles. The molecular formula is C25H48O4. The Balaban J connectivity index is 1.72. The number of carbonyl (C=O) groups excluding carboxylic acids is 1. The third-order valence-corrected chi connectivity index (χ3v) is 5.77. The molecule has 1 unspecified atom stereocenters. The summed E-state index contributed by atoms with van der Waals surface area (Å²) in [5.41, 5.74) is 0. The van der Waals surface area contributed by atoms with Gasteiger partial charge in [0.15, 0.2) is 6.29 Å². The van der Waals surface area contributed by atoms with Crippen molar-refractivity contribution in [1.29, 1.82) is 0 Å². The molecule has 1 aliphatic rings. The van der Waals surface area contributed by atoms with Gasteiger partial charge in [0.1, 0.15) is 6.61 Å². The number of ether oxygens (including phenoxy) is 3. The van der Waals surface area contributed by atoms with Crippen molar-refractivity contribution < 1.29 is 19.0 Å². The van der Waals surface area contributed by atoms with Gasteiger partial charge < -0.3 is 14.2 Å². The number of hydrogen-bond acceptors (Lipinski definition) is 4. The molecule has 0 aromatic carbocycles. The monoisotopic (exact) mass is 412 g/mol. The third kappa shape index (κ3) is 17.9. The third-order valence-electron chi connectivity index (χ3n) is 5.77. The number of rotatable bonds is 20. The van der Waals surface area contributed by atoms with Crippen molar-refractivity contribution in [3.8, 4) is 0 Å². The van der Waals surface area contributed by atoms with Gasteiger partial charge in [-0.2, -0.15) is 0 Å². The molecule has 1 saturated heterocycles. The molecule has 172 valence electrons. The summed E-state index contributed by atoms with van der Waals surface area (Å²) in [7, 11) is 0. The van der Waals surface area contributed by atoms with Crippen molar-refractivity contribution >= 4 is 5.97 Å². The molecule has 0 N–H and O–H groups in total.